The molecule has 0 aliphatic heterocycles. The number of nitrogens with zero attached hydrogens (tertiary/aromatic N) is 1. The summed E-state index contributed by atoms with van der Waals surface area (Å²) in [6.07, 6.45) is 0.307. The van der Waals surface area contributed by atoms with E-state index < -0.39 is 22.5 Å². The molecule has 1 aromatic heterocycles. The first-order chi connectivity index (χ1) is 15.5. The molecule has 0 bridgehead atoms. The Morgan fingerprint density at radius 2 is 1.58 bits per heavy atom. The molecule has 0 saturated heterocycles. The second-order valence-corrected chi connectivity index (χ2v) is 9.50. The van der Waals surface area contributed by atoms with Gasteiger partial charge in [-0.25, -0.2) is 4.79 Å². The van der Waals surface area contributed by atoms with Crippen molar-refractivity contribution in [3.63, 3.8) is 0 Å². The minimum Gasteiger partial charge on any atom is -0.497 e. The normalized spacial score (nSPS) is 15.2. The molecular weight excluding hydrogens is 467 g/mol. The van der Waals surface area contributed by atoms with Gasteiger partial charge in [-0.15, -0.1) is 23.2 Å². The minimum atomic E-state index is -1.25. The number of aromatic amines is 1. The fourth-order valence-electron chi connectivity index (χ4n) is 3.74. The average molecular weight is 495 g/mol. The first-order valence-electron chi connectivity index (χ1n) is 10.5. The van der Waals surface area contributed by atoms with Gasteiger partial charge in [-0.2, -0.15) is 0 Å². The van der Waals surface area contributed by atoms with Crippen LogP contribution in [0.3, 0.4) is 0 Å². The van der Waals surface area contributed by atoms with Crippen molar-refractivity contribution < 1.29 is 14.9 Å². The largest absolute Gasteiger partial charge is 0.497 e. The smallest absolute Gasteiger partial charge is 0.329 e. The van der Waals surface area contributed by atoms with Gasteiger partial charge in [0.15, 0.2) is 0 Å². The predicted octanol–water partition coefficient (Wildman–Crippen LogP) is 2.81. The van der Waals surface area contributed by atoms with Gasteiger partial charge in [0, 0.05) is 12.8 Å². The highest BCUT2D eigenvalue weighted by atomic mass is 35.5. The van der Waals surface area contributed by atoms with Crippen LogP contribution in [-0.2, 0) is 19.4 Å². The molecule has 0 radical (unpaired) electrons. The number of alkyl halides is 2. The Balaban J connectivity index is 2.17. The standard InChI is InChI=1S/C24H28Cl2N2O5/c1-23(31,13-25)10-16-8-17(11-24(2,32)14-26)20-19(9-16)21(29)28(22(30)27-20)12-15-4-6-18(33-3)7-5-15/h4-9,31-32H,10-14H2,1-3H3,(H,27,30). The van der Waals surface area contributed by atoms with E-state index in [2.05, 4.69) is 4.98 Å². The number of fused-ring (bicyclic) bond motifs is 1. The van der Waals surface area contributed by atoms with E-state index in [0.29, 0.717) is 22.4 Å². The maximum Gasteiger partial charge on any atom is 0.329 e. The number of nitrogens with one attached hydrogen (secondary N) is 1. The van der Waals surface area contributed by atoms with Crippen molar-refractivity contribution in [2.24, 2.45) is 0 Å². The monoisotopic (exact) mass is 494 g/mol. The van der Waals surface area contributed by atoms with Crippen molar-refractivity contribution in [3.05, 3.63) is 73.9 Å². The van der Waals surface area contributed by atoms with Gasteiger partial charge in [-0.1, -0.05) is 18.2 Å². The van der Waals surface area contributed by atoms with E-state index >= 15 is 0 Å². The van der Waals surface area contributed by atoms with Gasteiger partial charge < -0.3 is 19.9 Å². The van der Waals surface area contributed by atoms with Gasteiger partial charge in [0.1, 0.15) is 5.75 Å². The number of aliphatic hydroxyl groups is 2. The molecule has 0 amide bonds. The average Bonchev–Trinajstić information content (AvgIpc) is 2.77. The number of benzene rings is 2. The molecule has 3 aromatic rings. The summed E-state index contributed by atoms with van der Waals surface area (Å²) in [5, 5.41) is 21.3. The molecule has 0 fully saturated rings. The van der Waals surface area contributed by atoms with E-state index in [1.54, 1.807) is 57.4 Å². The molecule has 3 N–H and O–H groups in total. The van der Waals surface area contributed by atoms with Crippen molar-refractivity contribution in [2.75, 3.05) is 18.9 Å². The fraction of sp³-hybridized carbons (Fsp3) is 0.417. The lowest BCUT2D eigenvalue weighted by Crippen LogP contribution is -2.36. The summed E-state index contributed by atoms with van der Waals surface area (Å²) in [6, 6.07) is 10.5. The molecule has 0 aliphatic carbocycles. The van der Waals surface area contributed by atoms with Crippen molar-refractivity contribution in [3.8, 4) is 5.75 Å². The second-order valence-electron chi connectivity index (χ2n) is 8.96. The Hall–Kier alpha value is -2.32. The fourth-order valence-corrected chi connectivity index (χ4v) is 3.93. The zero-order valence-electron chi connectivity index (χ0n) is 18.8. The van der Waals surface area contributed by atoms with Crippen LogP contribution in [0.2, 0.25) is 0 Å². The highest BCUT2D eigenvalue weighted by Gasteiger charge is 2.25. The Kier molecular flexibility index (Phi) is 7.59. The second kappa shape index (κ2) is 9.89. The van der Waals surface area contributed by atoms with Crippen LogP contribution in [0.25, 0.3) is 10.9 Å². The third-order valence-corrected chi connectivity index (χ3v) is 6.62. The number of H-pyrrole nitrogens is 1. The predicted molar refractivity (Wildman–Crippen MR) is 131 cm³/mol. The van der Waals surface area contributed by atoms with Crippen molar-refractivity contribution in [1.29, 1.82) is 0 Å². The molecule has 178 valence electrons. The number of rotatable bonds is 9. The van der Waals surface area contributed by atoms with Crippen molar-refractivity contribution in [2.45, 2.75) is 44.4 Å². The van der Waals surface area contributed by atoms with Crippen LogP contribution in [0.1, 0.15) is 30.5 Å². The van der Waals surface area contributed by atoms with Crippen molar-refractivity contribution >= 4 is 34.1 Å². The Morgan fingerprint density at radius 1 is 0.970 bits per heavy atom. The van der Waals surface area contributed by atoms with Gasteiger partial charge in [-0.05, 0) is 48.7 Å². The minimum absolute atomic E-state index is 0.00703. The molecule has 0 aliphatic rings. The maximum absolute atomic E-state index is 13.4. The van der Waals surface area contributed by atoms with E-state index in [1.165, 1.54) is 0 Å². The number of halogens is 2. The summed E-state index contributed by atoms with van der Waals surface area (Å²) in [5.41, 5.74) is -1.15. The van der Waals surface area contributed by atoms with Gasteiger partial charge in [0.25, 0.3) is 5.56 Å². The maximum atomic E-state index is 13.4. The number of ether oxygens (including phenoxy) is 1. The first kappa shape index (κ1) is 25.3. The number of aromatic nitrogens is 2. The number of hydrogen-bond donors (Lipinski definition) is 3. The summed E-state index contributed by atoms with van der Waals surface area (Å²) < 4.78 is 6.27. The molecule has 3 rings (SSSR count). The quantitative estimate of drug-likeness (QED) is 0.396. The van der Waals surface area contributed by atoms with E-state index in [0.717, 1.165) is 10.1 Å². The Labute approximate surface area is 201 Å². The molecule has 0 spiro atoms. The number of methoxy groups -OCH3 is 1. The van der Waals surface area contributed by atoms with Crippen LogP contribution >= 0.6 is 23.2 Å². The summed E-state index contributed by atoms with van der Waals surface area (Å²) in [7, 11) is 1.56. The lowest BCUT2D eigenvalue weighted by molar-refractivity contribution is 0.0838. The topological polar surface area (TPSA) is 105 Å². The van der Waals surface area contributed by atoms with E-state index in [9.17, 15) is 19.8 Å². The van der Waals surface area contributed by atoms with E-state index in [4.69, 9.17) is 27.9 Å². The van der Waals surface area contributed by atoms with Gasteiger partial charge >= 0.3 is 5.69 Å². The lowest BCUT2D eigenvalue weighted by Gasteiger charge is -2.24. The molecule has 7 nitrogen and oxygen atoms in total. The lowest BCUT2D eigenvalue weighted by atomic mass is 9.91. The highest BCUT2D eigenvalue weighted by Crippen LogP contribution is 2.25. The van der Waals surface area contributed by atoms with Crippen molar-refractivity contribution in [1.82, 2.24) is 9.55 Å². The zero-order valence-corrected chi connectivity index (χ0v) is 20.3. The molecule has 1 heterocycles. The zero-order chi connectivity index (χ0) is 24.4. The molecule has 2 unspecified atom stereocenters. The summed E-state index contributed by atoms with van der Waals surface area (Å²) in [6.45, 7) is 3.26. The highest BCUT2D eigenvalue weighted by molar-refractivity contribution is 6.18. The van der Waals surface area contributed by atoms with Crippen LogP contribution in [0.5, 0.6) is 5.75 Å². The summed E-state index contributed by atoms with van der Waals surface area (Å²) in [5.74, 6) is 0.648. The van der Waals surface area contributed by atoms with Crippen LogP contribution in [0.15, 0.2) is 46.0 Å². The van der Waals surface area contributed by atoms with Gasteiger partial charge in [0.2, 0.25) is 0 Å². The molecule has 9 heteroatoms. The number of hydrogen-bond acceptors (Lipinski definition) is 5. The SMILES string of the molecule is COc1ccc(Cn2c(=O)[nH]c3c(CC(C)(O)CCl)cc(CC(C)(O)CCl)cc3c2=O)cc1. The van der Waals surface area contributed by atoms with Crippen LogP contribution < -0.4 is 16.0 Å². The van der Waals surface area contributed by atoms with E-state index in [-0.39, 0.29) is 36.5 Å². The molecular formula is C24H28Cl2N2O5. The van der Waals surface area contributed by atoms with Crippen LogP contribution in [0.4, 0.5) is 0 Å². The molecule has 2 aromatic carbocycles. The van der Waals surface area contributed by atoms with Gasteiger partial charge in [0.05, 0.1) is 47.5 Å². The summed E-state index contributed by atoms with van der Waals surface area (Å²) in [4.78, 5) is 29.1. The first-order valence-corrected chi connectivity index (χ1v) is 11.5. The van der Waals surface area contributed by atoms with Crippen LogP contribution in [0, 0.1) is 0 Å². The van der Waals surface area contributed by atoms with Crippen LogP contribution in [-0.4, -0.2) is 49.8 Å². The molecule has 0 saturated carbocycles. The Bertz CT molecular complexity index is 1250. The molecule has 33 heavy (non-hydrogen) atoms. The third-order valence-electron chi connectivity index (χ3n) is 5.46. The van der Waals surface area contributed by atoms with E-state index in [1.807, 2.05) is 0 Å². The van der Waals surface area contributed by atoms with Gasteiger partial charge in [-0.3, -0.25) is 9.36 Å². The third kappa shape index (κ3) is 5.98. The molecule has 2 atom stereocenters. The Morgan fingerprint density at radius 3 is 2.15 bits per heavy atom. The summed E-state index contributed by atoms with van der Waals surface area (Å²) >= 11 is 11.8.